The van der Waals surface area contributed by atoms with E-state index in [0.29, 0.717) is 6.04 Å². The van der Waals surface area contributed by atoms with Gasteiger partial charge in [-0.15, -0.1) is 0 Å². The number of aliphatic hydroxyl groups is 1. The van der Waals surface area contributed by atoms with Crippen molar-refractivity contribution in [3.8, 4) is 0 Å². The number of benzene rings is 1. The highest BCUT2D eigenvalue weighted by Gasteiger charge is 2.12. The van der Waals surface area contributed by atoms with Gasteiger partial charge >= 0.3 is 0 Å². The quantitative estimate of drug-likeness (QED) is 0.735. The van der Waals surface area contributed by atoms with Gasteiger partial charge in [-0.2, -0.15) is 0 Å². The zero-order chi connectivity index (χ0) is 10.5. The van der Waals surface area contributed by atoms with Crippen molar-refractivity contribution in [1.82, 2.24) is 5.32 Å². The van der Waals surface area contributed by atoms with Gasteiger partial charge in [-0.3, -0.25) is 0 Å². The van der Waals surface area contributed by atoms with Crippen LogP contribution in [0, 0.1) is 0 Å². The van der Waals surface area contributed by atoms with Crippen LogP contribution < -0.4 is 5.32 Å². The average molecular weight is 203 g/mol. The molecule has 0 saturated heterocycles. The van der Waals surface area contributed by atoms with E-state index in [9.17, 15) is 5.11 Å². The van der Waals surface area contributed by atoms with E-state index < -0.39 is 0 Å². The molecule has 0 amide bonds. The normalized spacial score (nSPS) is 25.4. The lowest BCUT2D eigenvalue weighted by Gasteiger charge is -2.20. The molecule has 0 fully saturated rings. The molecule has 1 aromatic rings. The minimum absolute atomic E-state index is 0.236. The van der Waals surface area contributed by atoms with Gasteiger partial charge in [0.1, 0.15) is 0 Å². The van der Waals surface area contributed by atoms with Crippen LogP contribution in [-0.2, 0) is 6.54 Å². The molecule has 2 heteroatoms. The van der Waals surface area contributed by atoms with Gasteiger partial charge in [-0.25, -0.2) is 0 Å². The molecular formula is C13H17NO. The Balaban J connectivity index is 1.82. The standard InChI is InChI=1S/C13H17NO/c15-13-8-6-12(7-9-13)14-10-11-4-2-1-3-5-11/h1-6,8,12-15H,7,9-10H2/t12-,13-/m0/s1. The highest BCUT2D eigenvalue weighted by molar-refractivity contribution is 5.15. The first-order valence-corrected chi connectivity index (χ1v) is 5.48. The summed E-state index contributed by atoms with van der Waals surface area (Å²) in [5, 5.41) is 12.8. The van der Waals surface area contributed by atoms with Gasteiger partial charge in [0.2, 0.25) is 0 Å². The molecule has 2 atom stereocenters. The molecule has 0 heterocycles. The highest BCUT2D eigenvalue weighted by Crippen LogP contribution is 2.11. The van der Waals surface area contributed by atoms with Crippen LogP contribution in [0.2, 0.25) is 0 Å². The van der Waals surface area contributed by atoms with Crippen molar-refractivity contribution in [1.29, 1.82) is 0 Å². The van der Waals surface area contributed by atoms with Gasteiger partial charge in [0.25, 0.3) is 0 Å². The largest absolute Gasteiger partial charge is 0.389 e. The summed E-state index contributed by atoms with van der Waals surface area (Å²) in [6.07, 6.45) is 5.59. The van der Waals surface area contributed by atoms with Crippen molar-refractivity contribution in [2.24, 2.45) is 0 Å². The number of hydrogen-bond acceptors (Lipinski definition) is 2. The van der Waals surface area contributed by atoms with Crippen LogP contribution in [0.5, 0.6) is 0 Å². The lowest BCUT2D eigenvalue weighted by atomic mass is 10.0. The Morgan fingerprint density at radius 1 is 1.13 bits per heavy atom. The van der Waals surface area contributed by atoms with Crippen LogP contribution in [0.1, 0.15) is 18.4 Å². The smallest absolute Gasteiger partial charge is 0.0722 e. The van der Waals surface area contributed by atoms with Crippen molar-refractivity contribution >= 4 is 0 Å². The van der Waals surface area contributed by atoms with Crippen molar-refractivity contribution < 1.29 is 5.11 Å². The first kappa shape index (κ1) is 10.4. The zero-order valence-electron chi connectivity index (χ0n) is 8.76. The molecule has 1 aromatic carbocycles. The fourth-order valence-corrected chi connectivity index (χ4v) is 1.82. The van der Waals surface area contributed by atoms with E-state index in [2.05, 4.69) is 35.7 Å². The van der Waals surface area contributed by atoms with Gasteiger partial charge in [-0.05, 0) is 18.4 Å². The van der Waals surface area contributed by atoms with Gasteiger partial charge in [-0.1, -0.05) is 42.5 Å². The number of aliphatic hydroxyl groups excluding tert-OH is 1. The lowest BCUT2D eigenvalue weighted by Crippen LogP contribution is -2.30. The maximum Gasteiger partial charge on any atom is 0.0722 e. The molecule has 0 spiro atoms. The lowest BCUT2D eigenvalue weighted by molar-refractivity contribution is 0.198. The van der Waals surface area contributed by atoms with Gasteiger partial charge in [0.05, 0.1) is 6.10 Å². The van der Waals surface area contributed by atoms with Gasteiger partial charge < -0.3 is 10.4 Å². The Kier molecular flexibility index (Phi) is 3.54. The minimum Gasteiger partial charge on any atom is -0.389 e. The molecule has 0 unspecified atom stereocenters. The third-order valence-electron chi connectivity index (χ3n) is 2.75. The molecule has 15 heavy (non-hydrogen) atoms. The van der Waals surface area contributed by atoms with Crippen LogP contribution in [0.25, 0.3) is 0 Å². The number of nitrogens with one attached hydrogen (secondary N) is 1. The Morgan fingerprint density at radius 3 is 2.60 bits per heavy atom. The predicted molar refractivity (Wildman–Crippen MR) is 61.5 cm³/mol. The third-order valence-corrected chi connectivity index (χ3v) is 2.75. The summed E-state index contributed by atoms with van der Waals surface area (Å²) < 4.78 is 0. The van der Waals surface area contributed by atoms with Gasteiger partial charge in [0, 0.05) is 12.6 Å². The minimum atomic E-state index is -0.236. The second kappa shape index (κ2) is 5.10. The molecule has 0 radical (unpaired) electrons. The molecule has 0 bridgehead atoms. The predicted octanol–water partition coefficient (Wildman–Crippen LogP) is 1.86. The summed E-state index contributed by atoms with van der Waals surface area (Å²) in [4.78, 5) is 0. The second-order valence-corrected chi connectivity index (χ2v) is 4.00. The fraction of sp³-hybridized carbons (Fsp3) is 0.385. The first-order valence-electron chi connectivity index (χ1n) is 5.48. The Morgan fingerprint density at radius 2 is 1.93 bits per heavy atom. The van der Waals surface area contributed by atoms with E-state index in [1.165, 1.54) is 5.56 Å². The Bertz CT molecular complexity index is 321. The fourth-order valence-electron chi connectivity index (χ4n) is 1.82. The number of rotatable bonds is 3. The second-order valence-electron chi connectivity index (χ2n) is 4.00. The third kappa shape index (κ3) is 3.18. The molecule has 80 valence electrons. The molecule has 2 rings (SSSR count). The summed E-state index contributed by atoms with van der Waals surface area (Å²) in [6, 6.07) is 10.8. The molecule has 0 saturated carbocycles. The summed E-state index contributed by atoms with van der Waals surface area (Å²) in [5.41, 5.74) is 1.30. The monoisotopic (exact) mass is 203 g/mol. The molecule has 2 N–H and O–H groups in total. The Labute approximate surface area is 90.6 Å². The van der Waals surface area contributed by atoms with E-state index in [-0.39, 0.29) is 6.10 Å². The van der Waals surface area contributed by atoms with Crippen LogP contribution in [-0.4, -0.2) is 17.3 Å². The molecule has 1 aliphatic rings. The van der Waals surface area contributed by atoms with E-state index in [0.717, 1.165) is 19.4 Å². The molecule has 0 aromatic heterocycles. The molecular weight excluding hydrogens is 186 g/mol. The SMILES string of the molecule is O[C@H]1C=C[C@H](NCc2ccccc2)CC1. The van der Waals surface area contributed by atoms with E-state index in [1.807, 2.05) is 12.1 Å². The highest BCUT2D eigenvalue weighted by atomic mass is 16.3. The number of hydrogen-bond donors (Lipinski definition) is 2. The molecule has 0 aliphatic heterocycles. The van der Waals surface area contributed by atoms with Crippen molar-refractivity contribution in [3.63, 3.8) is 0 Å². The van der Waals surface area contributed by atoms with Crippen molar-refractivity contribution in [2.45, 2.75) is 31.5 Å². The van der Waals surface area contributed by atoms with E-state index >= 15 is 0 Å². The maximum atomic E-state index is 9.30. The first-order chi connectivity index (χ1) is 7.34. The van der Waals surface area contributed by atoms with E-state index in [4.69, 9.17) is 0 Å². The summed E-state index contributed by atoms with van der Waals surface area (Å²) in [5.74, 6) is 0. The zero-order valence-corrected chi connectivity index (χ0v) is 8.76. The van der Waals surface area contributed by atoms with Crippen LogP contribution in [0.15, 0.2) is 42.5 Å². The summed E-state index contributed by atoms with van der Waals surface area (Å²) >= 11 is 0. The van der Waals surface area contributed by atoms with Crippen LogP contribution >= 0.6 is 0 Å². The summed E-state index contributed by atoms with van der Waals surface area (Å²) in [7, 11) is 0. The van der Waals surface area contributed by atoms with Crippen LogP contribution in [0.3, 0.4) is 0 Å². The van der Waals surface area contributed by atoms with Gasteiger partial charge in [0.15, 0.2) is 0 Å². The average Bonchev–Trinajstić information content (AvgIpc) is 2.30. The van der Waals surface area contributed by atoms with Crippen molar-refractivity contribution in [2.75, 3.05) is 0 Å². The summed E-state index contributed by atoms with van der Waals surface area (Å²) in [6.45, 7) is 0.895. The maximum absolute atomic E-state index is 9.30. The molecule has 2 nitrogen and oxygen atoms in total. The topological polar surface area (TPSA) is 32.3 Å². The Hall–Kier alpha value is -1.12. The van der Waals surface area contributed by atoms with Crippen molar-refractivity contribution in [3.05, 3.63) is 48.0 Å². The molecule has 1 aliphatic carbocycles. The van der Waals surface area contributed by atoms with Crippen LogP contribution in [0.4, 0.5) is 0 Å². The van der Waals surface area contributed by atoms with E-state index in [1.54, 1.807) is 0 Å².